The summed E-state index contributed by atoms with van der Waals surface area (Å²) in [4.78, 5) is 9.07. The molecular formula is C19H17ClN2OS. The molecule has 122 valence electrons. The van der Waals surface area contributed by atoms with Gasteiger partial charge in [-0.25, -0.2) is 4.98 Å². The van der Waals surface area contributed by atoms with E-state index in [2.05, 4.69) is 29.0 Å². The molecule has 0 saturated carbocycles. The van der Waals surface area contributed by atoms with Crippen LogP contribution in [-0.4, -0.2) is 9.97 Å². The molecule has 0 N–H and O–H groups in total. The second kappa shape index (κ2) is 8.18. The SMILES string of the molecule is CCc1cc(Oc2ccccc2Cl)nc(SCc2ccccc2)n1. The van der Waals surface area contributed by atoms with Crippen molar-refractivity contribution in [2.75, 3.05) is 0 Å². The van der Waals surface area contributed by atoms with Crippen molar-refractivity contribution >= 4 is 23.4 Å². The smallest absolute Gasteiger partial charge is 0.223 e. The molecule has 1 heterocycles. The minimum atomic E-state index is 0.519. The first-order chi connectivity index (χ1) is 11.7. The zero-order valence-corrected chi connectivity index (χ0v) is 14.8. The van der Waals surface area contributed by atoms with Gasteiger partial charge in [-0.2, -0.15) is 4.98 Å². The number of nitrogens with zero attached hydrogens (tertiary/aromatic N) is 2. The van der Waals surface area contributed by atoms with Gasteiger partial charge < -0.3 is 4.74 Å². The highest BCUT2D eigenvalue weighted by Crippen LogP contribution is 2.29. The first kappa shape index (κ1) is 16.8. The Bertz CT molecular complexity index is 811. The van der Waals surface area contributed by atoms with E-state index >= 15 is 0 Å². The Morgan fingerprint density at radius 3 is 2.50 bits per heavy atom. The molecule has 0 saturated heterocycles. The molecule has 0 fully saturated rings. The molecule has 0 spiro atoms. The number of aromatic nitrogens is 2. The third-order valence-electron chi connectivity index (χ3n) is 3.36. The van der Waals surface area contributed by atoms with Crippen LogP contribution in [0.25, 0.3) is 0 Å². The van der Waals surface area contributed by atoms with Crippen LogP contribution in [0, 0.1) is 0 Å². The minimum Gasteiger partial charge on any atom is -0.437 e. The summed E-state index contributed by atoms with van der Waals surface area (Å²) >= 11 is 7.75. The summed E-state index contributed by atoms with van der Waals surface area (Å²) in [6.45, 7) is 2.06. The van der Waals surface area contributed by atoms with E-state index in [0.29, 0.717) is 21.8 Å². The van der Waals surface area contributed by atoms with Gasteiger partial charge in [0.15, 0.2) is 5.16 Å². The van der Waals surface area contributed by atoms with Gasteiger partial charge in [-0.05, 0) is 24.1 Å². The molecule has 0 radical (unpaired) electrons. The maximum Gasteiger partial charge on any atom is 0.223 e. The van der Waals surface area contributed by atoms with Gasteiger partial charge in [-0.3, -0.25) is 0 Å². The van der Waals surface area contributed by atoms with Crippen molar-refractivity contribution in [1.82, 2.24) is 9.97 Å². The minimum absolute atomic E-state index is 0.519. The van der Waals surface area contributed by atoms with Crippen LogP contribution in [0.4, 0.5) is 0 Å². The summed E-state index contributed by atoms with van der Waals surface area (Å²) in [7, 11) is 0. The Morgan fingerprint density at radius 1 is 1.00 bits per heavy atom. The molecule has 0 aliphatic carbocycles. The van der Waals surface area contributed by atoms with Gasteiger partial charge in [0, 0.05) is 17.5 Å². The Labute approximate surface area is 151 Å². The molecule has 0 aliphatic rings. The number of benzene rings is 2. The van der Waals surface area contributed by atoms with Gasteiger partial charge in [0.25, 0.3) is 0 Å². The maximum atomic E-state index is 6.16. The molecular weight excluding hydrogens is 340 g/mol. The highest BCUT2D eigenvalue weighted by molar-refractivity contribution is 7.98. The molecule has 0 aliphatic heterocycles. The Hall–Kier alpha value is -2.04. The van der Waals surface area contributed by atoms with Crippen molar-refractivity contribution in [3.05, 3.63) is 76.9 Å². The number of halogens is 1. The topological polar surface area (TPSA) is 35.0 Å². The van der Waals surface area contributed by atoms with Crippen LogP contribution in [0.1, 0.15) is 18.2 Å². The normalized spacial score (nSPS) is 10.6. The monoisotopic (exact) mass is 356 g/mol. The van der Waals surface area contributed by atoms with Crippen molar-refractivity contribution in [2.24, 2.45) is 0 Å². The fraction of sp³-hybridized carbons (Fsp3) is 0.158. The van der Waals surface area contributed by atoms with E-state index in [9.17, 15) is 0 Å². The fourth-order valence-electron chi connectivity index (χ4n) is 2.11. The standard InChI is InChI=1S/C19H17ClN2OS/c1-2-15-12-18(23-17-11-7-6-10-16(17)20)22-19(21-15)24-13-14-8-4-3-5-9-14/h3-12H,2,13H2,1H3. The van der Waals surface area contributed by atoms with Crippen molar-refractivity contribution in [3.63, 3.8) is 0 Å². The summed E-state index contributed by atoms with van der Waals surface area (Å²) in [5.41, 5.74) is 2.18. The molecule has 0 unspecified atom stereocenters. The molecule has 0 atom stereocenters. The number of thioether (sulfide) groups is 1. The number of ether oxygens (including phenoxy) is 1. The lowest BCUT2D eigenvalue weighted by atomic mass is 10.2. The molecule has 1 aromatic heterocycles. The van der Waals surface area contributed by atoms with E-state index in [-0.39, 0.29) is 0 Å². The molecule has 0 amide bonds. The van der Waals surface area contributed by atoms with Crippen LogP contribution in [0.15, 0.2) is 65.8 Å². The average molecular weight is 357 g/mol. The Morgan fingerprint density at radius 2 is 1.75 bits per heavy atom. The predicted molar refractivity (Wildman–Crippen MR) is 98.9 cm³/mol. The quantitative estimate of drug-likeness (QED) is 0.414. The Kier molecular flexibility index (Phi) is 5.72. The van der Waals surface area contributed by atoms with Crippen LogP contribution in [0.2, 0.25) is 5.02 Å². The summed E-state index contributed by atoms with van der Waals surface area (Å²) in [5.74, 6) is 1.93. The van der Waals surface area contributed by atoms with Crippen LogP contribution in [0.3, 0.4) is 0 Å². The van der Waals surface area contributed by atoms with Crippen molar-refractivity contribution < 1.29 is 4.74 Å². The van der Waals surface area contributed by atoms with Crippen molar-refractivity contribution in [3.8, 4) is 11.6 Å². The van der Waals surface area contributed by atoms with Crippen LogP contribution in [-0.2, 0) is 12.2 Å². The Balaban J connectivity index is 1.79. The number of rotatable bonds is 6. The molecule has 24 heavy (non-hydrogen) atoms. The van der Waals surface area contributed by atoms with Crippen molar-refractivity contribution in [1.29, 1.82) is 0 Å². The number of para-hydroxylation sites is 1. The van der Waals surface area contributed by atoms with Gasteiger partial charge in [0.1, 0.15) is 5.75 Å². The van der Waals surface area contributed by atoms with Gasteiger partial charge in [-0.15, -0.1) is 0 Å². The van der Waals surface area contributed by atoms with E-state index < -0.39 is 0 Å². The third-order valence-corrected chi connectivity index (χ3v) is 4.59. The zero-order chi connectivity index (χ0) is 16.8. The van der Waals surface area contributed by atoms with E-state index in [1.54, 1.807) is 17.8 Å². The van der Waals surface area contributed by atoms with Gasteiger partial charge in [0.05, 0.1) is 5.02 Å². The second-order valence-electron chi connectivity index (χ2n) is 5.14. The summed E-state index contributed by atoms with van der Waals surface area (Å²) in [5, 5.41) is 1.27. The highest BCUT2D eigenvalue weighted by Gasteiger charge is 2.09. The van der Waals surface area contributed by atoms with Gasteiger partial charge in [0.2, 0.25) is 5.88 Å². The lowest BCUT2D eigenvalue weighted by molar-refractivity contribution is 0.454. The molecule has 2 aromatic carbocycles. The van der Waals surface area contributed by atoms with E-state index in [0.717, 1.165) is 17.9 Å². The first-order valence-corrected chi connectivity index (χ1v) is 9.08. The maximum absolute atomic E-state index is 6.16. The van der Waals surface area contributed by atoms with E-state index in [1.165, 1.54) is 5.56 Å². The van der Waals surface area contributed by atoms with Crippen LogP contribution >= 0.6 is 23.4 Å². The van der Waals surface area contributed by atoms with Gasteiger partial charge >= 0.3 is 0 Å². The molecule has 3 nitrogen and oxygen atoms in total. The fourth-order valence-corrected chi connectivity index (χ4v) is 3.11. The van der Waals surface area contributed by atoms with Crippen molar-refractivity contribution in [2.45, 2.75) is 24.3 Å². The first-order valence-electron chi connectivity index (χ1n) is 7.71. The lowest BCUT2D eigenvalue weighted by Gasteiger charge is -2.09. The van der Waals surface area contributed by atoms with E-state index in [4.69, 9.17) is 16.3 Å². The second-order valence-corrected chi connectivity index (χ2v) is 6.49. The van der Waals surface area contributed by atoms with Crippen LogP contribution in [0.5, 0.6) is 11.6 Å². The largest absolute Gasteiger partial charge is 0.437 e. The number of hydrogen-bond acceptors (Lipinski definition) is 4. The number of hydrogen-bond donors (Lipinski definition) is 0. The van der Waals surface area contributed by atoms with E-state index in [1.807, 2.05) is 42.5 Å². The summed E-state index contributed by atoms with van der Waals surface area (Å²) in [6.07, 6.45) is 0.820. The third kappa shape index (κ3) is 4.49. The predicted octanol–water partition coefficient (Wildman–Crippen LogP) is 5.78. The van der Waals surface area contributed by atoms with Crippen LogP contribution < -0.4 is 4.74 Å². The zero-order valence-electron chi connectivity index (χ0n) is 13.3. The molecule has 3 aromatic rings. The average Bonchev–Trinajstić information content (AvgIpc) is 2.62. The summed E-state index contributed by atoms with van der Waals surface area (Å²) < 4.78 is 5.85. The molecule has 5 heteroatoms. The number of aryl methyl sites for hydroxylation is 1. The van der Waals surface area contributed by atoms with Gasteiger partial charge in [-0.1, -0.05) is 72.8 Å². The summed E-state index contributed by atoms with van der Waals surface area (Å²) in [6, 6.07) is 19.5. The highest BCUT2D eigenvalue weighted by atomic mass is 35.5. The lowest BCUT2D eigenvalue weighted by Crippen LogP contribution is -1.97. The molecule has 3 rings (SSSR count). The molecule has 0 bridgehead atoms.